The highest BCUT2D eigenvalue weighted by atomic mass is 16.4. The van der Waals surface area contributed by atoms with E-state index in [9.17, 15) is 4.79 Å². The molecule has 1 aliphatic rings. The number of hydrogen-bond donors (Lipinski definition) is 2. The van der Waals surface area contributed by atoms with Crippen LogP contribution in [0.3, 0.4) is 0 Å². The molecule has 0 radical (unpaired) electrons. The Balaban J connectivity index is 2.24. The van der Waals surface area contributed by atoms with E-state index in [1.807, 2.05) is 0 Å². The Kier molecular flexibility index (Phi) is 2.84. The third-order valence-corrected chi connectivity index (χ3v) is 1.93. The fraction of sp³-hybridized carbons (Fsp3) is 0. The molecule has 80 valence electrons. The average Bonchev–Trinajstić information content (AvgIpc) is 2.79. The molecule has 0 aromatic heterocycles. The number of nitrogens with two attached hydrogens (primary N) is 1. The number of rotatable bonds is 2. The Bertz CT molecular complexity index is 505. The van der Waals surface area contributed by atoms with Crippen molar-refractivity contribution in [2.24, 2.45) is 15.2 Å². The van der Waals surface area contributed by atoms with Crippen LogP contribution in [-0.4, -0.2) is 17.0 Å². The number of hydrogen-bond acceptors (Lipinski definition) is 4. The molecule has 1 heterocycles. The second-order valence-corrected chi connectivity index (χ2v) is 3.02. The maximum atomic E-state index is 10.9. The van der Waals surface area contributed by atoms with Gasteiger partial charge >= 0.3 is 11.9 Å². The summed E-state index contributed by atoms with van der Waals surface area (Å²) in [6.45, 7) is 0. The quantitative estimate of drug-likeness (QED) is 0.719. The van der Waals surface area contributed by atoms with Gasteiger partial charge in [0.25, 0.3) is 0 Å². The summed E-state index contributed by atoms with van der Waals surface area (Å²) in [5.74, 6) is -0.565. The molecule has 2 rings (SSSR count). The van der Waals surface area contributed by atoms with Crippen molar-refractivity contribution >= 4 is 17.6 Å². The van der Waals surface area contributed by atoms with Gasteiger partial charge in [0.05, 0.1) is 11.8 Å². The minimum absolute atomic E-state index is 0.123. The maximum Gasteiger partial charge on any atom is 0.349 e. The Labute approximate surface area is 91.0 Å². The molecule has 0 bridgehead atoms. The second kappa shape index (κ2) is 4.45. The van der Waals surface area contributed by atoms with Gasteiger partial charge in [-0.2, -0.15) is 4.99 Å². The molecule has 1 aliphatic heterocycles. The molecule has 1 aromatic rings. The van der Waals surface area contributed by atoms with E-state index >= 15 is 0 Å². The van der Waals surface area contributed by atoms with E-state index in [1.54, 1.807) is 35.9 Å². The molecular weight excluding hydrogens is 208 g/mol. The first-order chi connectivity index (χ1) is 7.77. The lowest BCUT2D eigenvalue weighted by atomic mass is 10.2. The summed E-state index contributed by atoms with van der Waals surface area (Å²) in [6.07, 6.45) is 3.33. The van der Waals surface area contributed by atoms with Gasteiger partial charge in [-0.15, -0.1) is 5.11 Å². The first kappa shape index (κ1) is 10.2. The molecule has 6 heteroatoms. The Morgan fingerprint density at radius 2 is 2.12 bits per heavy atom. The topological polar surface area (TPSA) is 91.0 Å². The highest BCUT2D eigenvalue weighted by Crippen LogP contribution is 2.18. The molecule has 3 N–H and O–H groups in total. The largest absolute Gasteiger partial charge is 0.478 e. The number of aliphatic imine (C=N–C) groups is 1. The van der Waals surface area contributed by atoms with E-state index in [1.165, 1.54) is 6.07 Å². The van der Waals surface area contributed by atoms with Crippen molar-refractivity contribution in [3.8, 4) is 0 Å². The summed E-state index contributed by atoms with van der Waals surface area (Å²) in [6, 6.07) is 6.42. The van der Waals surface area contributed by atoms with Crippen LogP contribution in [0.5, 0.6) is 0 Å². The molecule has 1 aromatic carbocycles. The Hall–Kier alpha value is -2.34. The molecular formula is C10H9N4O2+. The predicted molar refractivity (Wildman–Crippen MR) is 56.4 cm³/mol. The van der Waals surface area contributed by atoms with Gasteiger partial charge in [0.2, 0.25) is 0 Å². The fourth-order valence-corrected chi connectivity index (χ4v) is 1.20. The number of carboxylic acid groups (broad SMARTS) is 1. The van der Waals surface area contributed by atoms with Gasteiger partial charge in [-0.3, -0.25) is 5.32 Å². The van der Waals surface area contributed by atoms with E-state index in [-0.39, 0.29) is 5.56 Å². The van der Waals surface area contributed by atoms with Crippen LogP contribution in [0.25, 0.3) is 0 Å². The molecule has 0 saturated heterocycles. The Morgan fingerprint density at radius 3 is 2.81 bits per heavy atom. The van der Waals surface area contributed by atoms with E-state index in [0.29, 0.717) is 11.6 Å². The molecule has 0 saturated carbocycles. The Morgan fingerprint density at radius 1 is 1.31 bits per heavy atom. The van der Waals surface area contributed by atoms with Crippen LogP contribution in [0.4, 0.5) is 5.69 Å². The van der Waals surface area contributed by atoms with Crippen LogP contribution in [0, 0.1) is 0 Å². The number of benzene rings is 1. The monoisotopic (exact) mass is 217 g/mol. The van der Waals surface area contributed by atoms with E-state index in [0.717, 1.165) is 0 Å². The summed E-state index contributed by atoms with van der Waals surface area (Å²) in [5, 5.41) is 18.3. The van der Waals surface area contributed by atoms with Crippen molar-refractivity contribution < 1.29 is 15.2 Å². The molecule has 0 amide bonds. The smallest absolute Gasteiger partial charge is 0.349 e. The third-order valence-electron chi connectivity index (χ3n) is 1.93. The second-order valence-electron chi connectivity index (χ2n) is 3.02. The standard InChI is InChI=1S/C10H8N4O2/c15-9(16)7-3-1-2-4-8(7)13-14-10-11-5-6-12-10/h1-6H,(H,11,12)(H,15,16)/p+1. The first-order valence-corrected chi connectivity index (χ1v) is 4.59. The summed E-state index contributed by atoms with van der Waals surface area (Å²) in [4.78, 5) is 14.8. The van der Waals surface area contributed by atoms with Gasteiger partial charge in [0.15, 0.2) is 0 Å². The number of carboxylic acids is 1. The van der Waals surface area contributed by atoms with Crippen molar-refractivity contribution in [3.05, 3.63) is 42.2 Å². The van der Waals surface area contributed by atoms with E-state index < -0.39 is 5.97 Å². The number of carbonyl (C=O) groups is 1. The highest BCUT2D eigenvalue weighted by molar-refractivity contribution is 5.93. The number of quaternary nitrogens is 1. The molecule has 16 heavy (non-hydrogen) atoms. The van der Waals surface area contributed by atoms with Gasteiger partial charge in [-0.05, 0) is 12.1 Å². The molecule has 6 nitrogen and oxygen atoms in total. The van der Waals surface area contributed by atoms with Gasteiger partial charge in [0.1, 0.15) is 11.9 Å². The summed E-state index contributed by atoms with van der Waals surface area (Å²) in [7, 11) is 0. The van der Waals surface area contributed by atoms with Crippen LogP contribution in [0.1, 0.15) is 10.4 Å². The van der Waals surface area contributed by atoms with Crippen molar-refractivity contribution in [1.29, 1.82) is 0 Å². The zero-order valence-corrected chi connectivity index (χ0v) is 8.24. The molecule has 0 unspecified atom stereocenters. The van der Waals surface area contributed by atoms with Crippen molar-refractivity contribution in [3.63, 3.8) is 0 Å². The number of aromatic carboxylic acids is 1. The zero-order chi connectivity index (χ0) is 11.4. The minimum atomic E-state index is -1.02. The van der Waals surface area contributed by atoms with Crippen molar-refractivity contribution in [2.45, 2.75) is 0 Å². The van der Waals surface area contributed by atoms with Gasteiger partial charge in [0, 0.05) is 0 Å². The normalized spacial score (nSPS) is 14.4. The lowest BCUT2D eigenvalue weighted by Gasteiger charge is -1.97. The third kappa shape index (κ3) is 2.18. The SMILES string of the molecule is O=C(O)c1ccccc1N=NC1=NC=C[NH2+]1. The fourth-order valence-electron chi connectivity index (χ4n) is 1.20. The first-order valence-electron chi connectivity index (χ1n) is 4.59. The summed E-state index contributed by atoms with van der Waals surface area (Å²) in [5.41, 5.74) is 0.441. The predicted octanol–water partition coefficient (Wildman–Crippen LogP) is 0.873. The molecule has 0 aliphatic carbocycles. The zero-order valence-electron chi connectivity index (χ0n) is 8.24. The van der Waals surface area contributed by atoms with Crippen molar-refractivity contribution in [2.75, 3.05) is 0 Å². The van der Waals surface area contributed by atoms with E-state index in [4.69, 9.17) is 5.11 Å². The minimum Gasteiger partial charge on any atom is -0.478 e. The van der Waals surface area contributed by atoms with Crippen LogP contribution in [0.15, 0.2) is 51.9 Å². The lowest BCUT2D eigenvalue weighted by molar-refractivity contribution is -0.459. The maximum absolute atomic E-state index is 10.9. The van der Waals surface area contributed by atoms with Gasteiger partial charge in [-0.1, -0.05) is 17.2 Å². The number of azo groups is 1. The average molecular weight is 217 g/mol. The van der Waals surface area contributed by atoms with Gasteiger partial charge in [-0.25, -0.2) is 4.79 Å². The van der Waals surface area contributed by atoms with Crippen molar-refractivity contribution in [1.82, 2.24) is 0 Å². The van der Waals surface area contributed by atoms with Crippen LogP contribution >= 0.6 is 0 Å². The number of guanidine groups is 1. The molecule has 0 fully saturated rings. The summed E-state index contributed by atoms with van der Waals surface area (Å²) >= 11 is 0. The molecule has 0 spiro atoms. The number of nitrogens with zero attached hydrogens (tertiary/aromatic N) is 3. The van der Waals surface area contributed by atoms with Gasteiger partial charge < -0.3 is 5.11 Å². The van der Waals surface area contributed by atoms with E-state index in [2.05, 4.69) is 15.2 Å². The summed E-state index contributed by atoms with van der Waals surface area (Å²) < 4.78 is 0. The van der Waals surface area contributed by atoms with Crippen LogP contribution in [-0.2, 0) is 0 Å². The highest BCUT2D eigenvalue weighted by Gasteiger charge is 2.09. The van der Waals surface area contributed by atoms with Crippen LogP contribution in [0.2, 0.25) is 0 Å². The lowest BCUT2D eigenvalue weighted by Crippen LogP contribution is -2.80. The van der Waals surface area contributed by atoms with Crippen LogP contribution < -0.4 is 5.32 Å². The molecule has 0 atom stereocenters.